The van der Waals surface area contributed by atoms with Gasteiger partial charge in [0.1, 0.15) is 6.07 Å². The lowest BCUT2D eigenvalue weighted by atomic mass is 10.1. The summed E-state index contributed by atoms with van der Waals surface area (Å²) in [5, 5.41) is 12.8. The minimum absolute atomic E-state index is 0.590. The van der Waals surface area contributed by atoms with E-state index in [2.05, 4.69) is 23.2 Å². The molecule has 0 saturated carbocycles. The highest BCUT2D eigenvalue weighted by Gasteiger charge is 2.14. The van der Waals surface area contributed by atoms with Crippen LogP contribution in [0.2, 0.25) is 0 Å². The third-order valence-electron chi connectivity index (χ3n) is 4.02. The molecule has 0 spiro atoms. The van der Waals surface area contributed by atoms with Gasteiger partial charge < -0.3 is 10.2 Å². The van der Waals surface area contributed by atoms with Crippen molar-refractivity contribution in [1.29, 1.82) is 5.26 Å². The number of nitrogens with zero attached hydrogens (tertiary/aromatic N) is 2. The molecule has 1 aliphatic heterocycles. The van der Waals surface area contributed by atoms with Crippen molar-refractivity contribution in [2.24, 2.45) is 5.92 Å². The zero-order chi connectivity index (χ0) is 15.1. The van der Waals surface area contributed by atoms with Gasteiger partial charge in [0, 0.05) is 18.0 Å². The van der Waals surface area contributed by atoms with Gasteiger partial charge in [-0.2, -0.15) is 5.26 Å². The number of piperidine rings is 1. The van der Waals surface area contributed by atoms with Crippen molar-refractivity contribution in [3.8, 4) is 6.07 Å². The van der Waals surface area contributed by atoms with Gasteiger partial charge in [-0.05, 0) is 50.2 Å². The van der Waals surface area contributed by atoms with Crippen LogP contribution >= 0.6 is 11.8 Å². The molecule has 4 heteroatoms. The van der Waals surface area contributed by atoms with Crippen LogP contribution in [-0.2, 0) is 0 Å². The van der Waals surface area contributed by atoms with Crippen LogP contribution in [0.15, 0.2) is 23.1 Å². The molecule has 1 unspecified atom stereocenters. The standard InChI is InChI=1S/C17H25N3S/c1-14(13-20-9-4-3-5-10-20)12-19-16-7-6-8-17(21-2)15(16)11-18/h6-8,14,19H,3-5,9-10,12-13H2,1-2H3. The topological polar surface area (TPSA) is 39.1 Å². The van der Waals surface area contributed by atoms with E-state index in [1.807, 2.05) is 24.5 Å². The van der Waals surface area contributed by atoms with Crippen molar-refractivity contribution in [3.63, 3.8) is 0 Å². The largest absolute Gasteiger partial charge is 0.384 e. The molecule has 1 fully saturated rings. The Kier molecular flexibility index (Phi) is 6.41. The normalized spacial score (nSPS) is 17.2. The molecule has 2 rings (SSSR count). The maximum absolute atomic E-state index is 9.35. The predicted octanol–water partition coefficient (Wildman–Crippen LogP) is 3.81. The van der Waals surface area contributed by atoms with Crippen LogP contribution in [0, 0.1) is 17.2 Å². The molecule has 1 aliphatic rings. The number of nitriles is 1. The van der Waals surface area contributed by atoms with Gasteiger partial charge in [-0.15, -0.1) is 11.8 Å². The fourth-order valence-electron chi connectivity index (χ4n) is 2.90. The predicted molar refractivity (Wildman–Crippen MR) is 90.9 cm³/mol. The lowest BCUT2D eigenvalue weighted by Gasteiger charge is -2.29. The molecule has 0 aromatic heterocycles. The number of nitrogens with one attached hydrogen (secondary N) is 1. The second kappa shape index (κ2) is 8.31. The highest BCUT2D eigenvalue weighted by molar-refractivity contribution is 7.98. The van der Waals surface area contributed by atoms with Gasteiger partial charge in [0.15, 0.2) is 0 Å². The fourth-order valence-corrected chi connectivity index (χ4v) is 3.47. The van der Waals surface area contributed by atoms with Gasteiger partial charge >= 0.3 is 0 Å². The van der Waals surface area contributed by atoms with Gasteiger partial charge in [0.2, 0.25) is 0 Å². The molecule has 0 amide bonds. The van der Waals surface area contributed by atoms with Crippen molar-refractivity contribution in [3.05, 3.63) is 23.8 Å². The summed E-state index contributed by atoms with van der Waals surface area (Å²) in [6.45, 7) is 6.84. The first-order chi connectivity index (χ1) is 10.2. The molecule has 0 radical (unpaired) electrons. The zero-order valence-electron chi connectivity index (χ0n) is 13.1. The SMILES string of the molecule is CSc1cccc(NCC(C)CN2CCCCC2)c1C#N. The van der Waals surface area contributed by atoms with E-state index in [4.69, 9.17) is 0 Å². The molecule has 1 aromatic rings. The van der Waals surface area contributed by atoms with E-state index in [-0.39, 0.29) is 0 Å². The highest BCUT2D eigenvalue weighted by atomic mass is 32.2. The smallest absolute Gasteiger partial charge is 0.102 e. The molecule has 1 aromatic carbocycles. The Morgan fingerprint density at radius 1 is 1.33 bits per heavy atom. The van der Waals surface area contributed by atoms with Gasteiger partial charge in [0.05, 0.1) is 11.3 Å². The average Bonchev–Trinajstić information content (AvgIpc) is 2.53. The van der Waals surface area contributed by atoms with Crippen LogP contribution < -0.4 is 5.32 Å². The monoisotopic (exact) mass is 303 g/mol. The maximum Gasteiger partial charge on any atom is 0.102 e. The number of benzene rings is 1. The minimum Gasteiger partial charge on any atom is -0.384 e. The van der Waals surface area contributed by atoms with E-state index in [9.17, 15) is 5.26 Å². The maximum atomic E-state index is 9.35. The second-order valence-corrected chi connectivity index (χ2v) is 6.69. The summed E-state index contributed by atoms with van der Waals surface area (Å²) in [6, 6.07) is 8.36. The number of anilines is 1. The molecule has 1 N–H and O–H groups in total. The highest BCUT2D eigenvalue weighted by Crippen LogP contribution is 2.26. The summed E-state index contributed by atoms with van der Waals surface area (Å²) in [5.41, 5.74) is 1.74. The number of hydrogen-bond donors (Lipinski definition) is 1. The molecular formula is C17H25N3S. The fraction of sp³-hybridized carbons (Fsp3) is 0.588. The second-order valence-electron chi connectivity index (χ2n) is 5.84. The van der Waals surface area contributed by atoms with E-state index in [1.54, 1.807) is 11.8 Å². The van der Waals surface area contributed by atoms with Gasteiger partial charge in [-0.3, -0.25) is 0 Å². The van der Waals surface area contributed by atoms with Crippen LogP contribution in [0.4, 0.5) is 5.69 Å². The third kappa shape index (κ3) is 4.66. The van der Waals surface area contributed by atoms with Crippen molar-refractivity contribution >= 4 is 17.4 Å². The van der Waals surface area contributed by atoms with Crippen LogP contribution in [0.5, 0.6) is 0 Å². The summed E-state index contributed by atoms with van der Waals surface area (Å²) < 4.78 is 0. The van der Waals surface area contributed by atoms with Crippen LogP contribution in [-0.4, -0.2) is 37.3 Å². The van der Waals surface area contributed by atoms with E-state index < -0.39 is 0 Å². The molecule has 1 heterocycles. The summed E-state index contributed by atoms with van der Waals surface area (Å²) >= 11 is 1.63. The van der Waals surface area contributed by atoms with Gasteiger partial charge in [0.25, 0.3) is 0 Å². The molecule has 1 atom stereocenters. The molecule has 0 bridgehead atoms. The number of likely N-dealkylation sites (tertiary alicyclic amines) is 1. The quantitative estimate of drug-likeness (QED) is 0.811. The molecular weight excluding hydrogens is 278 g/mol. The van der Waals surface area contributed by atoms with Gasteiger partial charge in [-0.1, -0.05) is 19.4 Å². The summed E-state index contributed by atoms with van der Waals surface area (Å²) in [4.78, 5) is 3.62. The molecule has 21 heavy (non-hydrogen) atoms. The van der Waals surface area contributed by atoms with Crippen molar-refractivity contribution in [2.45, 2.75) is 31.1 Å². The number of hydrogen-bond acceptors (Lipinski definition) is 4. The average molecular weight is 303 g/mol. The lowest BCUT2D eigenvalue weighted by Crippen LogP contribution is -2.35. The van der Waals surface area contributed by atoms with E-state index in [0.717, 1.165) is 29.2 Å². The molecule has 3 nitrogen and oxygen atoms in total. The number of rotatable bonds is 6. The van der Waals surface area contributed by atoms with Crippen LogP contribution in [0.3, 0.4) is 0 Å². The third-order valence-corrected chi connectivity index (χ3v) is 4.80. The lowest BCUT2D eigenvalue weighted by molar-refractivity contribution is 0.204. The summed E-state index contributed by atoms with van der Waals surface area (Å²) in [6.07, 6.45) is 6.08. The molecule has 0 aliphatic carbocycles. The Balaban J connectivity index is 1.89. The molecule has 114 valence electrons. The Morgan fingerprint density at radius 2 is 2.10 bits per heavy atom. The van der Waals surface area contributed by atoms with E-state index >= 15 is 0 Å². The van der Waals surface area contributed by atoms with Crippen molar-refractivity contribution in [1.82, 2.24) is 4.90 Å². The van der Waals surface area contributed by atoms with E-state index in [1.165, 1.54) is 32.4 Å². The first kappa shape index (κ1) is 16.2. The van der Waals surface area contributed by atoms with Crippen molar-refractivity contribution in [2.75, 3.05) is 37.8 Å². The summed E-state index contributed by atoms with van der Waals surface area (Å²) in [5.74, 6) is 0.590. The zero-order valence-corrected chi connectivity index (χ0v) is 13.9. The Hall–Kier alpha value is -1.18. The Morgan fingerprint density at radius 3 is 2.76 bits per heavy atom. The number of thioether (sulfide) groups is 1. The van der Waals surface area contributed by atoms with Crippen molar-refractivity contribution < 1.29 is 0 Å². The Labute approximate surface area is 132 Å². The van der Waals surface area contributed by atoms with Crippen LogP contribution in [0.1, 0.15) is 31.7 Å². The first-order valence-electron chi connectivity index (χ1n) is 7.78. The molecule has 1 saturated heterocycles. The Bertz CT molecular complexity index is 489. The minimum atomic E-state index is 0.590. The summed E-state index contributed by atoms with van der Waals surface area (Å²) in [7, 11) is 0. The van der Waals surface area contributed by atoms with Gasteiger partial charge in [-0.25, -0.2) is 0 Å². The van der Waals surface area contributed by atoms with Crippen LogP contribution in [0.25, 0.3) is 0 Å². The first-order valence-corrected chi connectivity index (χ1v) is 9.00. The van der Waals surface area contributed by atoms with E-state index in [0.29, 0.717) is 5.92 Å².